The topological polar surface area (TPSA) is 188 Å². The molecule has 12 nitrogen and oxygen atoms in total. The predicted octanol–water partition coefficient (Wildman–Crippen LogP) is -3.16. The van der Waals surface area contributed by atoms with Crippen molar-refractivity contribution in [2.75, 3.05) is 20.3 Å². The summed E-state index contributed by atoms with van der Waals surface area (Å²) in [4.78, 5) is 0. The van der Waals surface area contributed by atoms with Crippen LogP contribution in [0.25, 0.3) is 0 Å². The quantitative estimate of drug-likeness (QED) is 0.206. The number of aliphatic hydroxyl groups excluding tert-OH is 7. The van der Waals surface area contributed by atoms with E-state index in [4.69, 9.17) is 23.7 Å². The van der Waals surface area contributed by atoms with Crippen LogP contribution in [-0.2, 0) is 25.6 Å². The van der Waals surface area contributed by atoms with Crippen molar-refractivity contribution in [1.29, 1.82) is 0 Å². The van der Waals surface area contributed by atoms with Crippen molar-refractivity contribution < 1.29 is 59.4 Å². The smallest absolute Gasteiger partial charge is 0.187 e. The molecule has 0 unspecified atom stereocenters. The van der Waals surface area contributed by atoms with E-state index in [1.807, 2.05) is 0 Å². The van der Waals surface area contributed by atoms with Gasteiger partial charge in [0.1, 0.15) is 54.6 Å². The molecule has 3 rings (SSSR count). The van der Waals surface area contributed by atoms with Crippen LogP contribution in [0.3, 0.4) is 0 Å². The maximum Gasteiger partial charge on any atom is 0.187 e. The first-order valence-electron chi connectivity index (χ1n) is 10.1. The highest BCUT2D eigenvalue weighted by atomic mass is 16.7. The largest absolute Gasteiger partial charge is 0.497 e. The summed E-state index contributed by atoms with van der Waals surface area (Å²) in [5.41, 5.74) is 0.747. The maximum atomic E-state index is 10.2. The number of hydrogen-bond acceptors (Lipinski definition) is 12. The van der Waals surface area contributed by atoms with E-state index in [9.17, 15) is 35.7 Å². The van der Waals surface area contributed by atoms with E-state index >= 15 is 0 Å². The van der Waals surface area contributed by atoms with Gasteiger partial charge >= 0.3 is 0 Å². The number of hydrogen-bond donors (Lipinski definition) is 7. The van der Waals surface area contributed by atoms with E-state index in [1.165, 1.54) is 7.11 Å². The molecule has 0 spiro atoms. The fourth-order valence-corrected chi connectivity index (χ4v) is 3.49. The molecule has 1 aromatic rings. The minimum Gasteiger partial charge on any atom is -0.497 e. The summed E-state index contributed by atoms with van der Waals surface area (Å²) in [5.74, 6) is 0.659. The number of rotatable bonds is 8. The summed E-state index contributed by atoms with van der Waals surface area (Å²) in [7, 11) is 1.54. The molecule has 2 aliphatic heterocycles. The molecule has 0 radical (unpaired) electrons. The van der Waals surface area contributed by atoms with Gasteiger partial charge in [-0.15, -0.1) is 0 Å². The second kappa shape index (κ2) is 11.1. The van der Waals surface area contributed by atoms with Crippen molar-refractivity contribution in [2.45, 2.75) is 68.0 Å². The third-order valence-corrected chi connectivity index (χ3v) is 5.52. The molecular formula is C20H30O12. The Morgan fingerprint density at radius 2 is 1.25 bits per heavy atom. The molecule has 12 heteroatoms. The molecule has 2 saturated heterocycles. The van der Waals surface area contributed by atoms with E-state index in [2.05, 4.69) is 0 Å². The van der Waals surface area contributed by atoms with Crippen molar-refractivity contribution in [3.8, 4) is 5.75 Å². The van der Waals surface area contributed by atoms with Gasteiger partial charge in [0.25, 0.3) is 0 Å². The molecule has 182 valence electrons. The van der Waals surface area contributed by atoms with Crippen LogP contribution in [0.2, 0.25) is 0 Å². The molecule has 2 heterocycles. The van der Waals surface area contributed by atoms with Gasteiger partial charge in [0.15, 0.2) is 12.6 Å². The van der Waals surface area contributed by atoms with Crippen LogP contribution in [0.4, 0.5) is 0 Å². The SMILES string of the molecule is COc1ccc(CO[C@@H]2O[C@@H](CO[C@@H]3O[C@@H](CO)[C@@H](O)[C@H](O)[C@@H]3O)[C@@H](O)[C@H](O)[C@@H]2O)cc1. The molecule has 2 aliphatic rings. The Bertz CT molecular complexity index is 700. The zero-order chi connectivity index (χ0) is 23.4. The van der Waals surface area contributed by atoms with E-state index in [0.717, 1.165) is 5.56 Å². The highest BCUT2D eigenvalue weighted by molar-refractivity contribution is 5.26. The van der Waals surface area contributed by atoms with Crippen molar-refractivity contribution in [2.24, 2.45) is 0 Å². The Labute approximate surface area is 184 Å². The Hall–Kier alpha value is -1.42. The van der Waals surface area contributed by atoms with Crippen LogP contribution in [0, 0.1) is 0 Å². The molecular weight excluding hydrogens is 432 g/mol. The third-order valence-electron chi connectivity index (χ3n) is 5.52. The van der Waals surface area contributed by atoms with Gasteiger partial charge in [-0.3, -0.25) is 0 Å². The van der Waals surface area contributed by atoms with Crippen LogP contribution in [0.5, 0.6) is 5.75 Å². The van der Waals surface area contributed by atoms with E-state index in [0.29, 0.717) is 5.75 Å². The van der Waals surface area contributed by atoms with E-state index in [-0.39, 0.29) is 6.61 Å². The van der Waals surface area contributed by atoms with Gasteiger partial charge in [0, 0.05) is 0 Å². The Balaban J connectivity index is 1.58. The number of benzene rings is 1. The molecule has 2 fully saturated rings. The zero-order valence-corrected chi connectivity index (χ0v) is 17.4. The van der Waals surface area contributed by atoms with Crippen molar-refractivity contribution in [3.63, 3.8) is 0 Å². The third kappa shape index (κ3) is 5.55. The molecule has 1 aromatic carbocycles. The first kappa shape index (κ1) is 25.2. The lowest BCUT2D eigenvalue weighted by atomic mass is 9.98. The predicted molar refractivity (Wildman–Crippen MR) is 104 cm³/mol. The first-order chi connectivity index (χ1) is 15.3. The standard InChI is InChI=1S/C20H30O12/c1-28-10-4-2-9(3-5-10)7-29-19-18(27)16(25)14(23)12(32-19)8-30-20-17(26)15(24)13(22)11(6-21)31-20/h2-5,11-27H,6-8H2,1H3/t11-,12-,13+,14+,15-,16-,17-,18-,19+,20+/m0/s1. The van der Waals surface area contributed by atoms with Gasteiger partial charge in [-0.05, 0) is 17.7 Å². The van der Waals surface area contributed by atoms with Gasteiger partial charge < -0.3 is 59.4 Å². The summed E-state index contributed by atoms with van der Waals surface area (Å²) >= 11 is 0. The molecule has 32 heavy (non-hydrogen) atoms. The fourth-order valence-electron chi connectivity index (χ4n) is 3.49. The summed E-state index contributed by atoms with van der Waals surface area (Å²) in [6.45, 7) is -1.01. The zero-order valence-electron chi connectivity index (χ0n) is 17.4. The summed E-state index contributed by atoms with van der Waals surface area (Å²) in [6, 6.07) is 6.96. The van der Waals surface area contributed by atoms with Crippen LogP contribution < -0.4 is 4.74 Å². The highest BCUT2D eigenvalue weighted by Crippen LogP contribution is 2.26. The van der Waals surface area contributed by atoms with Crippen molar-refractivity contribution in [3.05, 3.63) is 29.8 Å². The molecule has 0 aromatic heterocycles. The first-order valence-corrected chi connectivity index (χ1v) is 10.1. The lowest BCUT2D eigenvalue weighted by Gasteiger charge is -2.42. The van der Waals surface area contributed by atoms with Gasteiger partial charge in [-0.2, -0.15) is 0 Å². The average Bonchev–Trinajstić information content (AvgIpc) is 2.81. The monoisotopic (exact) mass is 462 g/mol. The molecule has 0 aliphatic carbocycles. The molecule has 0 amide bonds. The van der Waals surface area contributed by atoms with Gasteiger partial charge in [-0.25, -0.2) is 0 Å². The Morgan fingerprint density at radius 3 is 1.81 bits per heavy atom. The number of ether oxygens (including phenoxy) is 5. The minimum atomic E-state index is -1.63. The van der Waals surface area contributed by atoms with Gasteiger partial charge in [0.2, 0.25) is 0 Å². The van der Waals surface area contributed by atoms with Crippen molar-refractivity contribution >= 4 is 0 Å². The number of aliphatic hydroxyl groups is 7. The lowest BCUT2D eigenvalue weighted by Crippen LogP contribution is -2.61. The van der Waals surface area contributed by atoms with Crippen LogP contribution >= 0.6 is 0 Å². The van der Waals surface area contributed by atoms with Crippen LogP contribution in [0.1, 0.15) is 5.56 Å². The van der Waals surface area contributed by atoms with Gasteiger partial charge in [0.05, 0.1) is 26.9 Å². The normalized spacial score (nSPS) is 40.2. The summed E-state index contributed by atoms with van der Waals surface area (Å²) in [6.07, 6.45) is -14.6. The average molecular weight is 462 g/mol. The second-order valence-corrected chi connectivity index (χ2v) is 7.70. The second-order valence-electron chi connectivity index (χ2n) is 7.70. The lowest BCUT2D eigenvalue weighted by molar-refractivity contribution is -0.332. The molecule has 0 bridgehead atoms. The minimum absolute atomic E-state index is 0.0365. The Morgan fingerprint density at radius 1 is 0.719 bits per heavy atom. The molecule has 0 saturated carbocycles. The molecule has 7 N–H and O–H groups in total. The van der Waals surface area contributed by atoms with Gasteiger partial charge in [-0.1, -0.05) is 12.1 Å². The summed E-state index contributed by atoms with van der Waals surface area (Å²) in [5, 5.41) is 69.6. The fraction of sp³-hybridized carbons (Fsp3) is 0.700. The van der Waals surface area contributed by atoms with E-state index < -0.39 is 74.6 Å². The van der Waals surface area contributed by atoms with Crippen molar-refractivity contribution in [1.82, 2.24) is 0 Å². The summed E-state index contributed by atoms with van der Waals surface area (Å²) < 4.78 is 26.8. The molecule has 10 atom stereocenters. The Kier molecular flexibility index (Phi) is 8.77. The van der Waals surface area contributed by atoms with E-state index in [1.54, 1.807) is 24.3 Å². The highest BCUT2D eigenvalue weighted by Gasteiger charge is 2.47. The maximum absolute atomic E-state index is 10.2. The number of methoxy groups -OCH3 is 1. The van der Waals surface area contributed by atoms with Crippen LogP contribution in [-0.4, -0.2) is 117 Å². The van der Waals surface area contributed by atoms with Crippen LogP contribution in [0.15, 0.2) is 24.3 Å².